The summed E-state index contributed by atoms with van der Waals surface area (Å²) in [7, 11) is 1.38. The fourth-order valence-electron chi connectivity index (χ4n) is 2.88. The quantitative estimate of drug-likeness (QED) is 0.641. The van der Waals surface area contributed by atoms with Crippen molar-refractivity contribution in [2.24, 2.45) is 5.92 Å². The zero-order valence-corrected chi connectivity index (χ0v) is 14.3. The van der Waals surface area contributed by atoms with Gasteiger partial charge in [0, 0.05) is 18.7 Å². The van der Waals surface area contributed by atoms with Crippen molar-refractivity contribution in [1.29, 1.82) is 0 Å². The van der Waals surface area contributed by atoms with Crippen LogP contribution in [0.25, 0.3) is 0 Å². The Kier molecular flexibility index (Phi) is 5.02. The number of anilines is 2. The van der Waals surface area contributed by atoms with Gasteiger partial charge in [-0.15, -0.1) is 0 Å². The van der Waals surface area contributed by atoms with Crippen molar-refractivity contribution < 1.29 is 23.6 Å². The van der Waals surface area contributed by atoms with Gasteiger partial charge in [0.25, 0.3) is 5.69 Å². The van der Waals surface area contributed by atoms with E-state index in [-0.39, 0.29) is 30.2 Å². The number of carbonyl (C=O) groups excluding carboxylic acids is 2. The Balaban J connectivity index is 1.75. The maximum absolute atomic E-state index is 13.0. The van der Waals surface area contributed by atoms with Gasteiger partial charge in [0.2, 0.25) is 11.8 Å². The highest BCUT2D eigenvalue weighted by Crippen LogP contribution is 2.31. The van der Waals surface area contributed by atoms with E-state index in [0.29, 0.717) is 11.4 Å². The summed E-state index contributed by atoms with van der Waals surface area (Å²) < 4.78 is 18.0. The van der Waals surface area contributed by atoms with E-state index in [1.807, 2.05) is 0 Å². The lowest BCUT2D eigenvalue weighted by molar-refractivity contribution is -0.384. The number of methoxy groups -OCH3 is 1. The lowest BCUT2D eigenvalue weighted by atomic mass is 10.1. The monoisotopic (exact) mass is 373 g/mol. The Morgan fingerprint density at radius 3 is 2.63 bits per heavy atom. The van der Waals surface area contributed by atoms with Gasteiger partial charge in [0.15, 0.2) is 0 Å². The number of benzene rings is 2. The van der Waals surface area contributed by atoms with Gasteiger partial charge >= 0.3 is 0 Å². The minimum Gasteiger partial charge on any atom is -0.496 e. The Morgan fingerprint density at radius 2 is 2.00 bits per heavy atom. The van der Waals surface area contributed by atoms with Gasteiger partial charge in [-0.3, -0.25) is 19.7 Å². The third-order valence-corrected chi connectivity index (χ3v) is 4.29. The number of nitro groups is 1. The molecular formula is C18H16FN3O5. The SMILES string of the molecule is COc1ccc(NC(=O)[C@H]2CC(=O)N(c3ccc(F)cc3)C2)c([N+](=O)[O-])c1. The lowest BCUT2D eigenvalue weighted by Gasteiger charge is -2.16. The van der Waals surface area contributed by atoms with Crippen molar-refractivity contribution in [3.63, 3.8) is 0 Å². The number of amides is 2. The van der Waals surface area contributed by atoms with Gasteiger partial charge < -0.3 is 15.0 Å². The Labute approximate surface area is 153 Å². The van der Waals surface area contributed by atoms with Crippen molar-refractivity contribution in [2.75, 3.05) is 23.9 Å². The van der Waals surface area contributed by atoms with Crippen LogP contribution in [0, 0.1) is 21.8 Å². The first-order chi connectivity index (χ1) is 12.9. The number of nitrogens with one attached hydrogen (secondary N) is 1. The van der Waals surface area contributed by atoms with E-state index in [1.54, 1.807) is 0 Å². The zero-order chi connectivity index (χ0) is 19.6. The lowest BCUT2D eigenvalue weighted by Crippen LogP contribution is -2.28. The number of nitrogens with zero attached hydrogens (tertiary/aromatic N) is 2. The smallest absolute Gasteiger partial charge is 0.296 e. The Bertz CT molecular complexity index is 900. The Hall–Kier alpha value is -3.49. The summed E-state index contributed by atoms with van der Waals surface area (Å²) in [6.07, 6.45) is -0.0346. The molecule has 0 spiro atoms. The van der Waals surface area contributed by atoms with Crippen LogP contribution in [0.3, 0.4) is 0 Å². The van der Waals surface area contributed by atoms with Gasteiger partial charge in [-0.2, -0.15) is 0 Å². The summed E-state index contributed by atoms with van der Waals surface area (Å²) in [5, 5.41) is 13.7. The summed E-state index contributed by atoms with van der Waals surface area (Å²) in [6, 6.07) is 9.47. The molecule has 0 aliphatic carbocycles. The molecule has 1 saturated heterocycles. The highest BCUT2D eigenvalue weighted by atomic mass is 19.1. The third kappa shape index (κ3) is 3.86. The fourth-order valence-corrected chi connectivity index (χ4v) is 2.88. The molecule has 1 aliphatic rings. The first kappa shape index (κ1) is 18.3. The van der Waals surface area contributed by atoms with Crippen LogP contribution in [0.1, 0.15) is 6.42 Å². The predicted octanol–water partition coefficient (Wildman–Crippen LogP) is 2.73. The molecule has 0 aromatic heterocycles. The molecule has 9 heteroatoms. The second-order valence-electron chi connectivity index (χ2n) is 6.01. The molecule has 1 fully saturated rings. The predicted molar refractivity (Wildman–Crippen MR) is 95.1 cm³/mol. The third-order valence-electron chi connectivity index (χ3n) is 4.29. The van der Waals surface area contributed by atoms with E-state index >= 15 is 0 Å². The van der Waals surface area contributed by atoms with Gasteiger partial charge in [-0.1, -0.05) is 0 Å². The molecule has 27 heavy (non-hydrogen) atoms. The average molecular weight is 373 g/mol. The van der Waals surface area contributed by atoms with E-state index < -0.39 is 22.6 Å². The number of hydrogen-bond acceptors (Lipinski definition) is 5. The molecule has 1 heterocycles. The van der Waals surface area contributed by atoms with Crippen molar-refractivity contribution in [3.8, 4) is 5.75 Å². The van der Waals surface area contributed by atoms with Crippen LogP contribution in [0.4, 0.5) is 21.5 Å². The van der Waals surface area contributed by atoms with Crippen LogP contribution < -0.4 is 15.0 Å². The Morgan fingerprint density at radius 1 is 1.30 bits per heavy atom. The van der Waals surface area contributed by atoms with Crippen LogP contribution in [0.2, 0.25) is 0 Å². The minimum atomic E-state index is -0.677. The van der Waals surface area contributed by atoms with E-state index in [0.717, 1.165) is 0 Å². The molecule has 140 valence electrons. The molecule has 3 rings (SSSR count). The summed E-state index contributed by atoms with van der Waals surface area (Å²) >= 11 is 0. The fraction of sp³-hybridized carbons (Fsp3) is 0.222. The van der Waals surface area contributed by atoms with Crippen LogP contribution in [-0.4, -0.2) is 30.4 Å². The summed E-state index contributed by atoms with van der Waals surface area (Å²) in [5.41, 5.74) is 0.216. The van der Waals surface area contributed by atoms with Crippen molar-refractivity contribution >= 4 is 28.9 Å². The second-order valence-corrected chi connectivity index (χ2v) is 6.01. The molecule has 0 radical (unpaired) electrons. The van der Waals surface area contributed by atoms with E-state index in [1.165, 1.54) is 54.5 Å². The van der Waals surface area contributed by atoms with Crippen LogP contribution >= 0.6 is 0 Å². The van der Waals surface area contributed by atoms with Gasteiger partial charge in [0.05, 0.1) is 24.0 Å². The van der Waals surface area contributed by atoms with Crippen LogP contribution in [0.5, 0.6) is 5.75 Å². The standard InChI is InChI=1S/C18H16FN3O5/c1-27-14-6-7-15(16(9-14)22(25)26)20-18(24)11-8-17(23)21(10-11)13-4-2-12(19)3-5-13/h2-7,9,11H,8,10H2,1H3,(H,20,24)/t11-/m0/s1. The number of hydrogen-bond donors (Lipinski definition) is 1. The number of carbonyl (C=O) groups is 2. The second kappa shape index (κ2) is 7.40. The molecular weight excluding hydrogens is 357 g/mol. The van der Waals surface area contributed by atoms with Gasteiger partial charge in [0.1, 0.15) is 17.3 Å². The number of ether oxygens (including phenoxy) is 1. The van der Waals surface area contributed by atoms with Gasteiger partial charge in [-0.05, 0) is 36.4 Å². The molecule has 0 bridgehead atoms. The maximum atomic E-state index is 13.0. The molecule has 2 aromatic rings. The van der Waals surface area contributed by atoms with Crippen molar-refractivity contribution in [3.05, 3.63) is 58.4 Å². The number of rotatable bonds is 5. The largest absolute Gasteiger partial charge is 0.496 e. The zero-order valence-electron chi connectivity index (χ0n) is 14.3. The average Bonchev–Trinajstić information content (AvgIpc) is 3.04. The molecule has 0 saturated carbocycles. The number of nitro benzene ring substituents is 1. The molecule has 2 amide bonds. The maximum Gasteiger partial charge on any atom is 0.296 e. The molecule has 0 unspecified atom stereocenters. The summed E-state index contributed by atoms with van der Waals surface area (Å²) in [5.74, 6) is -1.58. The molecule has 8 nitrogen and oxygen atoms in total. The van der Waals surface area contributed by atoms with E-state index in [9.17, 15) is 24.1 Å². The van der Waals surface area contributed by atoms with E-state index in [4.69, 9.17) is 4.74 Å². The summed E-state index contributed by atoms with van der Waals surface area (Å²) in [6.45, 7) is 0.111. The molecule has 1 atom stereocenters. The molecule has 2 aromatic carbocycles. The molecule has 1 N–H and O–H groups in total. The van der Waals surface area contributed by atoms with Gasteiger partial charge in [-0.25, -0.2) is 4.39 Å². The highest BCUT2D eigenvalue weighted by Gasteiger charge is 2.35. The first-order valence-electron chi connectivity index (χ1n) is 8.08. The van der Waals surface area contributed by atoms with Crippen LogP contribution in [0.15, 0.2) is 42.5 Å². The van der Waals surface area contributed by atoms with E-state index in [2.05, 4.69) is 5.32 Å². The van der Waals surface area contributed by atoms with Crippen LogP contribution in [-0.2, 0) is 9.59 Å². The van der Waals surface area contributed by atoms with Crippen molar-refractivity contribution in [2.45, 2.75) is 6.42 Å². The minimum absolute atomic E-state index is 0.0264. The number of halogens is 1. The topological polar surface area (TPSA) is 102 Å². The highest BCUT2D eigenvalue weighted by molar-refractivity contribution is 6.04. The van der Waals surface area contributed by atoms with Crippen molar-refractivity contribution in [1.82, 2.24) is 0 Å². The normalized spacial score (nSPS) is 16.3. The summed E-state index contributed by atoms with van der Waals surface area (Å²) in [4.78, 5) is 36.7. The molecule has 1 aliphatic heterocycles. The first-order valence-corrected chi connectivity index (χ1v) is 8.08.